The Labute approximate surface area is 289 Å². The number of furan rings is 1. The van der Waals surface area contributed by atoms with E-state index < -0.39 is 34.9 Å². The molecule has 0 aliphatic carbocycles. The van der Waals surface area contributed by atoms with Crippen LogP contribution in [0, 0.1) is 11.8 Å². The van der Waals surface area contributed by atoms with Crippen molar-refractivity contribution in [3.05, 3.63) is 76.9 Å². The maximum absolute atomic E-state index is 13.5. The molecule has 2 bridgehead atoms. The zero-order valence-electron chi connectivity index (χ0n) is 28.7. The Morgan fingerprint density at radius 1 is 1.16 bits per heavy atom. The summed E-state index contributed by atoms with van der Waals surface area (Å²) in [5, 5.41) is 12.2. The molecule has 2 fully saturated rings. The van der Waals surface area contributed by atoms with Crippen LogP contribution in [0.15, 0.2) is 70.2 Å². The highest BCUT2D eigenvalue weighted by Crippen LogP contribution is 2.37. The largest absolute Gasteiger partial charge is 0.466 e. The molecule has 4 N–H and O–H groups in total. The van der Waals surface area contributed by atoms with E-state index in [1.54, 1.807) is 30.3 Å². The highest BCUT2D eigenvalue weighted by molar-refractivity contribution is 6.02. The Bertz CT molecular complexity index is 1850. The monoisotopic (exact) mass is 688 g/mol. The van der Waals surface area contributed by atoms with Crippen molar-refractivity contribution in [2.75, 3.05) is 25.5 Å². The topological polar surface area (TPSA) is 181 Å². The Morgan fingerprint density at radius 2 is 1.96 bits per heavy atom. The SMILES string of the molecule is COC(=O)/C=C/CCC(NC(=O)c1ccc2occc2c1)C(=O)Nc1cccn(CC(=O)NC2C(C)CC3CN2CC(C)(NC(C)=O)C3)c1=O. The third-order valence-electron chi connectivity index (χ3n) is 9.21. The smallest absolute Gasteiger partial charge is 0.330 e. The lowest BCUT2D eigenvalue weighted by Gasteiger charge is -2.53. The number of allylic oxidation sites excluding steroid dienone is 1. The number of anilines is 1. The van der Waals surface area contributed by atoms with Gasteiger partial charge in [0.15, 0.2) is 0 Å². The van der Waals surface area contributed by atoms with Crippen molar-refractivity contribution in [2.24, 2.45) is 11.8 Å². The normalized spacial score (nSPS) is 23.5. The number of hydrogen-bond acceptors (Lipinski definition) is 9. The average molecular weight is 689 g/mol. The maximum atomic E-state index is 13.5. The quantitative estimate of drug-likeness (QED) is 0.164. The molecule has 2 aliphatic heterocycles. The van der Waals surface area contributed by atoms with Crippen molar-refractivity contribution in [1.82, 2.24) is 25.4 Å². The van der Waals surface area contributed by atoms with Gasteiger partial charge in [-0.1, -0.05) is 13.0 Å². The molecule has 3 aromatic rings. The van der Waals surface area contributed by atoms with Crippen LogP contribution in [0.3, 0.4) is 0 Å². The van der Waals surface area contributed by atoms with E-state index in [9.17, 15) is 28.8 Å². The zero-order valence-corrected chi connectivity index (χ0v) is 28.7. The van der Waals surface area contributed by atoms with Gasteiger partial charge in [-0.15, -0.1) is 0 Å². The molecule has 50 heavy (non-hydrogen) atoms. The summed E-state index contributed by atoms with van der Waals surface area (Å²) < 4.78 is 11.2. The zero-order chi connectivity index (χ0) is 36.0. The molecule has 2 saturated heterocycles. The Hall–Kier alpha value is -5.24. The van der Waals surface area contributed by atoms with Gasteiger partial charge in [-0.25, -0.2) is 4.79 Å². The summed E-state index contributed by atoms with van der Waals surface area (Å²) in [6, 6.07) is 8.49. The molecule has 2 aromatic heterocycles. The van der Waals surface area contributed by atoms with Gasteiger partial charge in [0.25, 0.3) is 11.5 Å². The third-order valence-corrected chi connectivity index (χ3v) is 9.21. The van der Waals surface area contributed by atoms with Crippen LogP contribution < -0.4 is 26.8 Å². The highest BCUT2D eigenvalue weighted by atomic mass is 16.5. The van der Waals surface area contributed by atoms with E-state index in [1.165, 1.54) is 49.3 Å². The van der Waals surface area contributed by atoms with Crippen LogP contribution in [0.25, 0.3) is 11.0 Å². The van der Waals surface area contributed by atoms with E-state index >= 15 is 0 Å². The van der Waals surface area contributed by atoms with Crippen molar-refractivity contribution in [2.45, 2.75) is 70.7 Å². The van der Waals surface area contributed by atoms with Crippen LogP contribution in [0.5, 0.6) is 0 Å². The van der Waals surface area contributed by atoms with Gasteiger partial charge < -0.3 is 35.0 Å². The standard InChI is InChI=1S/C36H44N6O8/c1-22-16-24-18-36(3,40-23(2)43)21-42(19-24)32(22)39-30(44)20-41-14-7-9-28(35(41)48)38-34(47)27(8-5-6-10-31(45)49-4)37-33(46)26-11-12-29-25(17-26)13-15-50-29/h6-7,9-15,17,22,24,27,32H,5,8,16,18-21H2,1-4H3,(H,37,46)(H,38,47)(H,39,44)(H,40,43)/b10-6+. The number of amides is 4. The second kappa shape index (κ2) is 15.5. The van der Waals surface area contributed by atoms with E-state index in [0.717, 1.165) is 24.8 Å². The molecule has 0 saturated carbocycles. The van der Waals surface area contributed by atoms with Crippen molar-refractivity contribution >= 4 is 46.3 Å². The minimum atomic E-state index is -1.08. The van der Waals surface area contributed by atoms with Crippen LogP contribution in [0.4, 0.5) is 5.69 Å². The lowest BCUT2D eigenvalue weighted by molar-refractivity contribution is -0.135. The number of piperidine rings is 2. The van der Waals surface area contributed by atoms with Crippen molar-refractivity contribution in [3.8, 4) is 0 Å². The number of aromatic nitrogens is 1. The minimum absolute atomic E-state index is 0.0644. The number of methoxy groups -OCH3 is 1. The van der Waals surface area contributed by atoms with E-state index in [1.807, 2.05) is 6.92 Å². The second-order valence-electron chi connectivity index (χ2n) is 13.5. The minimum Gasteiger partial charge on any atom is -0.466 e. The van der Waals surface area contributed by atoms with Gasteiger partial charge in [-0.3, -0.25) is 28.9 Å². The molecular formula is C36H44N6O8. The molecule has 4 heterocycles. The summed E-state index contributed by atoms with van der Waals surface area (Å²) in [7, 11) is 1.25. The molecule has 4 amide bonds. The summed E-state index contributed by atoms with van der Waals surface area (Å²) in [6.07, 6.45) is 7.59. The Kier molecular flexibility index (Phi) is 11.2. The first-order valence-electron chi connectivity index (χ1n) is 16.7. The number of benzene rings is 1. The Balaban J connectivity index is 1.26. The fourth-order valence-corrected chi connectivity index (χ4v) is 7.21. The van der Waals surface area contributed by atoms with Gasteiger partial charge in [0.05, 0.1) is 25.1 Å². The molecule has 1 aromatic carbocycles. The first-order chi connectivity index (χ1) is 23.8. The third kappa shape index (κ3) is 8.86. The predicted molar refractivity (Wildman–Crippen MR) is 185 cm³/mol. The van der Waals surface area contributed by atoms with E-state index in [0.29, 0.717) is 23.6 Å². The molecule has 0 radical (unpaired) electrons. The van der Waals surface area contributed by atoms with Gasteiger partial charge in [0.1, 0.15) is 23.9 Å². The number of hydrogen-bond donors (Lipinski definition) is 4. The van der Waals surface area contributed by atoms with Crippen LogP contribution >= 0.6 is 0 Å². The van der Waals surface area contributed by atoms with E-state index in [-0.39, 0.29) is 49.0 Å². The molecule has 266 valence electrons. The Morgan fingerprint density at radius 3 is 2.72 bits per heavy atom. The fraction of sp³-hybridized carbons (Fsp3) is 0.444. The number of fused-ring (bicyclic) bond motifs is 3. The average Bonchev–Trinajstić information content (AvgIpc) is 3.53. The number of pyridine rings is 1. The van der Waals surface area contributed by atoms with Gasteiger partial charge in [0, 0.05) is 43.2 Å². The first kappa shape index (κ1) is 36.1. The number of carbonyl (C=O) groups excluding carboxylic acids is 5. The van der Waals surface area contributed by atoms with E-state index in [2.05, 4.69) is 37.8 Å². The fourth-order valence-electron chi connectivity index (χ4n) is 7.21. The number of ether oxygens (including phenoxy) is 1. The summed E-state index contributed by atoms with van der Waals surface area (Å²) >= 11 is 0. The lowest BCUT2D eigenvalue weighted by Crippen LogP contribution is -2.67. The molecule has 0 spiro atoms. The lowest BCUT2D eigenvalue weighted by atomic mass is 9.75. The number of nitrogens with zero attached hydrogens (tertiary/aromatic N) is 2. The summed E-state index contributed by atoms with van der Waals surface area (Å²) in [6.45, 7) is 6.74. The van der Waals surface area contributed by atoms with Gasteiger partial charge in [-0.2, -0.15) is 0 Å². The summed E-state index contributed by atoms with van der Waals surface area (Å²) in [4.78, 5) is 79.0. The number of carbonyl (C=O) groups is 5. The molecule has 14 heteroatoms. The second-order valence-corrected chi connectivity index (χ2v) is 13.5. The van der Waals surface area contributed by atoms with Crippen molar-refractivity contribution < 1.29 is 33.1 Å². The first-order valence-corrected chi connectivity index (χ1v) is 16.7. The number of esters is 1. The van der Waals surface area contributed by atoms with Crippen LogP contribution in [0.1, 0.15) is 56.8 Å². The summed E-state index contributed by atoms with van der Waals surface area (Å²) in [5.74, 6) is -1.62. The van der Waals surface area contributed by atoms with Crippen LogP contribution in [0.2, 0.25) is 0 Å². The molecule has 2 aliphatic rings. The number of nitrogens with one attached hydrogen (secondary N) is 4. The van der Waals surface area contributed by atoms with Crippen molar-refractivity contribution in [3.63, 3.8) is 0 Å². The maximum Gasteiger partial charge on any atom is 0.330 e. The van der Waals surface area contributed by atoms with Crippen LogP contribution in [-0.4, -0.2) is 77.0 Å². The van der Waals surface area contributed by atoms with Gasteiger partial charge in [0.2, 0.25) is 17.7 Å². The van der Waals surface area contributed by atoms with E-state index in [4.69, 9.17) is 4.42 Å². The van der Waals surface area contributed by atoms with Gasteiger partial charge in [-0.05, 0) is 80.8 Å². The number of rotatable bonds is 12. The van der Waals surface area contributed by atoms with Crippen LogP contribution in [-0.2, 0) is 30.5 Å². The highest BCUT2D eigenvalue weighted by Gasteiger charge is 2.45. The molecule has 6 atom stereocenters. The summed E-state index contributed by atoms with van der Waals surface area (Å²) in [5.41, 5.74) is -0.141. The molecular weight excluding hydrogens is 644 g/mol. The van der Waals surface area contributed by atoms with Gasteiger partial charge >= 0.3 is 5.97 Å². The van der Waals surface area contributed by atoms with Crippen molar-refractivity contribution in [1.29, 1.82) is 0 Å². The predicted octanol–water partition coefficient (Wildman–Crippen LogP) is 2.54. The molecule has 5 rings (SSSR count). The molecule has 14 nitrogen and oxygen atoms in total. The molecule has 6 unspecified atom stereocenters.